The Kier molecular flexibility index (Phi) is 0.691. The SMILES string of the molecule is [2H]c1cc(C(=O)C([2H])([2H])[2H])cc([2H])c1O. The van der Waals surface area contributed by atoms with Gasteiger partial charge in [-0.25, -0.2) is 0 Å². The number of benzene rings is 1. The monoisotopic (exact) mass is 141 g/mol. The van der Waals surface area contributed by atoms with E-state index in [0.29, 0.717) is 0 Å². The first-order valence-electron chi connectivity index (χ1n) is 5.08. The predicted octanol–water partition coefficient (Wildman–Crippen LogP) is 1.59. The molecule has 0 aliphatic rings. The van der Waals surface area contributed by atoms with E-state index < -0.39 is 30.5 Å². The molecule has 0 unspecified atom stereocenters. The van der Waals surface area contributed by atoms with Crippen molar-refractivity contribution in [1.29, 1.82) is 0 Å². The highest BCUT2D eigenvalue weighted by Crippen LogP contribution is 2.09. The van der Waals surface area contributed by atoms with Gasteiger partial charge >= 0.3 is 0 Å². The van der Waals surface area contributed by atoms with Crippen LogP contribution in [0.4, 0.5) is 0 Å². The number of carbonyl (C=O) groups excluding carboxylic acids is 1. The molecule has 0 aliphatic carbocycles. The van der Waals surface area contributed by atoms with E-state index in [0.717, 1.165) is 12.1 Å². The maximum Gasteiger partial charge on any atom is 0.159 e. The van der Waals surface area contributed by atoms with Gasteiger partial charge in [0.05, 0.1) is 2.74 Å². The van der Waals surface area contributed by atoms with Crippen molar-refractivity contribution in [2.45, 2.75) is 6.85 Å². The van der Waals surface area contributed by atoms with Gasteiger partial charge in [0.2, 0.25) is 0 Å². The molecule has 10 heavy (non-hydrogen) atoms. The zero-order chi connectivity index (χ0) is 11.8. The molecule has 1 N–H and O–H groups in total. The summed E-state index contributed by atoms with van der Waals surface area (Å²) in [6.45, 7) is -2.80. The topological polar surface area (TPSA) is 37.3 Å². The summed E-state index contributed by atoms with van der Waals surface area (Å²) in [5.41, 5.74) is -0.261. The minimum Gasteiger partial charge on any atom is -0.508 e. The van der Waals surface area contributed by atoms with Crippen LogP contribution in [0.3, 0.4) is 0 Å². The van der Waals surface area contributed by atoms with E-state index in [2.05, 4.69) is 0 Å². The Hall–Kier alpha value is -1.31. The Morgan fingerprint density at radius 1 is 1.70 bits per heavy atom. The molecule has 2 nitrogen and oxygen atoms in total. The van der Waals surface area contributed by atoms with E-state index in [1.807, 2.05) is 0 Å². The number of hydrogen-bond acceptors (Lipinski definition) is 2. The average molecular weight is 141 g/mol. The Labute approximate surface area is 66.1 Å². The van der Waals surface area contributed by atoms with Crippen LogP contribution in [0.15, 0.2) is 24.2 Å². The molecule has 0 saturated heterocycles. The van der Waals surface area contributed by atoms with Crippen molar-refractivity contribution in [3.8, 4) is 5.75 Å². The van der Waals surface area contributed by atoms with Gasteiger partial charge in [0.15, 0.2) is 5.78 Å². The second-order valence-corrected chi connectivity index (χ2v) is 1.71. The second-order valence-electron chi connectivity index (χ2n) is 1.71. The fourth-order valence-electron chi connectivity index (χ4n) is 0.507. The van der Waals surface area contributed by atoms with Crippen LogP contribution in [0.2, 0.25) is 0 Å². The number of phenols is 1. The molecule has 0 spiro atoms. The number of hydrogen-bond donors (Lipinski definition) is 1. The first-order valence-corrected chi connectivity index (χ1v) is 2.58. The number of carbonyl (C=O) groups is 1. The normalized spacial score (nSPS) is 17.8. The van der Waals surface area contributed by atoms with Crippen LogP contribution in [0.25, 0.3) is 0 Å². The summed E-state index contributed by atoms with van der Waals surface area (Å²) in [7, 11) is 0. The van der Waals surface area contributed by atoms with Crippen molar-refractivity contribution in [3.63, 3.8) is 0 Å². The first kappa shape index (κ1) is 2.74. The lowest BCUT2D eigenvalue weighted by molar-refractivity contribution is 0.101. The van der Waals surface area contributed by atoms with Gasteiger partial charge in [-0.2, -0.15) is 0 Å². The number of ketones is 1. The number of aromatic hydroxyl groups is 1. The van der Waals surface area contributed by atoms with Crippen LogP contribution in [0.1, 0.15) is 24.1 Å². The Morgan fingerprint density at radius 2 is 2.30 bits per heavy atom. The number of rotatable bonds is 1. The van der Waals surface area contributed by atoms with Gasteiger partial charge < -0.3 is 5.11 Å². The van der Waals surface area contributed by atoms with Gasteiger partial charge in [-0.1, -0.05) is 0 Å². The molecule has 1 rings (SSSR count). The molecule has 2 heteroatoms. The van der Waals surface area contributed by atoms with E-state index >= 15 is 0 Å². The predicted molar refractivity (Wildman–Crippen MR) is 38.1 cm³/mol. The van der Waals surface area contributed by atoms with E-state index in [4.69, 9.17) is 12.0 Å². The summed E-state index contributed by atoms with van der Waals surface area (Å²) in [6.07, 6.45) is 0. The van der Waals surface area contributed by atoms with Crippen molar-refractivity contribution in [2.24, 2.45) is 0 Å². The lowest BCUT2D eigenvalue weighted by Crippen LogP contribution is -1.89. The van der Waals surface area contributed by atoms with Gasteiger partial charge in [0.1, 0.15) is 5.75 Å². The van der Waals surface area contributed by atoms with E-state index in [9.17, 15) is 4.79 Å². The van der Waals surface area contributed by atoms with Crippen molar-refractivity contribution in [1.82, 2.24) is 0 Å². The van der Waals surface area contributed by atoms with Crippen molar-refractivity contribution in [2.75, 3.05) is 0 Å². The summed E-state index contributed by atoms with van der Waals surface area (Å²) in [5, 5.41) is 9.09. The fraction of sp³-hybridized carbons (Fsp3) is 0.125. The minimum atomic E-state index is -2.80. The summed E-state index contributed by atoms with van der Waals surface area (Å²) >= 11 is 0. The molecule has 0 amide bonds. The Bertz CT molecular complexity index is 387. The van der Waals surface area contributed by atoms with Gasteiger partial charge in [-0.15, -0.1) is 0 Å². The summed E-state index contributed by atoms with van der Waals surface area (Å²) in [4.78, 5) is 11.3. The zero-order valence-electron chi connectivity index (χ0n) is 10.0. The third-order valence-electron chi connectivity index (χ3n) is 0.991. The van der Waals surface area contributed by atoms with Gasteiger partial charge in [-0.3, -0.25) is 4.79 Å². The zero-order valence-corrected chi connectivity index (χ0v) is 5.01. The quantitative estimate of drug-likeness (QED) is 0.603. The Morgan fingerprint density at radius 3 is 2.80 bits per heavy atom. The lowest BCUT2D eigenvalue weighted by atomic mass is 10.1. The maximum atomic E-state index is 11.3. The van der Waals surface area contributed by atoms with Crippen LogP contribution >= 0.6 is 0 Å². The smallest absolute Gasteiger partial charge is 0.159 e. The molecule has 0 heterocycles. The van der Waals surface area contributed by atoms with Crippen LogP contribution in [-0.2, 0) is 0 Å². The third kappa shape index (κ3) is 1.35. The van der Waals surface area contributed by atoms with Crippen LogP contribution in [-0.4, -0.2) is 10.9 Å². The average Bonchev–Trinajstić information content (AvgIpc) is 2.10. The maximum absolute atomic E-state index is 11.3. The lowest BCUT2D eigenvalue weighted by Gasteiger charge is -1.93. The summed E-state index contributed by atoms with van der Waals surface area (Å²) < 4.78 is 35.0. The van der Waals surface area contributed by atoms with Crippen LogP contribution in [0, 0.1) is 0 Å². The Balaban J connectivity index is 3.24. The van der Waals surface area contributed by atoms with Crippen LogP contribution < -0.4 is 0 Å². The van der Waals surface area contributed by atoms with Gasteiger partial charge in [0, 0.05) is 9.68 Å². The molecular weight excluding hydrogens is 128 g/mol. The molecule has 0 bridgehead atoms. The molecule has 1 aromatic carbocycles. The van der Waals surface area contributed by atoms with E-state index in [1.165, 1.54) is 0 Å². The van der Waals surface area contributed by atoms with E-state index in [1.54, 1.807) is 0 Å². The summed E-state index contributed by atoms with van der Waals surface area (Å²) in [6, 6.07) is 0.995. The van der Waals surface area contributed by atoms with Crippen LogP contribution in [0.5, 0.6) is 5.75 Å². The standard InChI is InChI=1S/C8H8O2/c1-6(9)7-2-4-8(10)5-3-7/h2-5,10H,1H3/i1D3,4D,5D. The fourth-order valence-corrected chi connectivity index (χ4v) is 0.507. The second kappa shape index (κ2) is 2.52. The molecule has 0 atom stereocenters. The molecule has 0 saturated carbocycles. The molecule has 52 valence electrons. The van der Waals surface area contributed by atoms with Gasteiger partial charge in [0.25, 0.3) is 0 Å². The van der Waals surface area contributed by atoms with Crippen molar-refractivity contribution >= 4 is 5.78 Å². The van der Waals surface area contributed by atoms with Crippen molar-refractivity contribution in [3.05, 3.63) is 29.8 Å². The third-order valence-corrected chi connectivity index (χ3v) is 0.991. The number of phenolic OH excluding ortho intramolecular Hbond substituents is 1. The minimum absolute atomic E-state index is 0.261. The van der Waals surface area contributed by atoms with Gasteiger partial charge in [-0.05, 0) is 31.1 Å². The molecule has 1 aromatic rings. The largest absolute Gasteiger partial charge is 0.508 e. The highest BCUT2D eigenvalue weighted by molar-refractivity contribution is 5.94. The van der Waals surface area contributed by atoms with Crippen molar-refractivity contribution < 1.29 is 16.8 Å². The molecule has 0 radical (unpaired) electrons. The first-order chi connectivity index (χ1) is 6.73. The molecule has 0 fully saturated rings. The van der Waals surface area contributed by atoms with E-state index in [-0.39, 0.29) is 5.56 Å². The molecule has 0 aromatic heterocycles. The molecule has 0 aliphatic heterocycles. The number of Topliss-reactive ketones (excluding diaryl/α,β-unsaturated/α-hetero) is 1. The highest BCUT2D eigenvalue weighted by Gasteiger charge is 1.96. The highest BCUT2D eigenvalue weighted by atomic mass is 16.3. The summed E-state index contributed by atoms with van der Waals surface area (Å²) in [5.74, 6) is -1.71. The molecular formula is C8H8O2.